The number of rotatable bonds is 0. The molecular formula is C18H10. The van der Waals surface area contributed by atoms with Crippen molar-refractivity contribution in [3.05, 3.63) is 58.7 Å². The van der Waals surface area contributed by atoms with Gasteiger partial charge in [0.1, 0.15) is 0 Å². The minimum atomic E-state index is 1.36. The Kier molecular flexibility index (Phi) is 1.32. The van der Waals surface area contributed by atoms with Crippen molar-refractivity contribution in [1.29, 1.82) is 0 Å². The molecule has 0 unspecified atom stereocenters. The van der Waals surface area contributed by atoms with Gasteiger partial charge in [0, 0.05) is 0 Å². The third kappa shape index (κ3) is 0.820. The Morgan fingerprint density at radius 1 is 0.500 bits per heavy atom. The Balaban J connectivity index is 2.24. The van der Waals surface area contributed by atoms with Crippen LogP contribution in [-0.4, -0.2) is 0 Å². The van der Waals surface area contributed by atoms with E-state index >= 15 is 0 Å². The van der Waals surface area contributed by atoms with Crippen molar-refractivity contribution in [3.63, 3.8) is 0 Å². The second kappa shape index (κ2) is 2.73. The Morgan fingerprint density at radius 2 is 1.00 bits per heavy atom. The van der Waals surface area contributed by atoms with Crippen LogP contribution in [0.2, 0.25) is 0 Å². The quantitative estimate of drug-likeness (QED) is 0.327. The molecule has 0 heteroatoms. The van der Waals surface area contributed by atoms with Crippen LogP contribution in [0.3, 0.4) is 0 Å². The van der Waals surface area contributed by atoms with Crippen molar-refractivity contribution >= 4 is 45.8 Å². The van der Waals surface area contributed by atoms with E-state index in [1.54, 1.807) is 0 Å². The molecular weight excluding hydrogens is 216 g/mol. The first-order valence-electron chi connectivity index (χ1n) is 6.31. The monoisotopic (exact) mass is 226 g/mol. The van der Waals surface area contributed by atoms with Crippen molar-refractivity contribution in [1.82, 2.24) is 0 Å². The van der Waals surface area contributed by atoms with Gasteiger partial charge in [-0.1, -0.05) is 60.7 Å². The van der Waals surface area contributed by atoms with Gasteiger partial charge in [-0.05, 0) is 43.8 Å². The fraction of sp³-hybridized carbons (Fsp3) is 0. The van der Waals surface area contributed by atoms with Crippen LogP contribution in [0.25, 0.3) is 45.8 Å². The summed E-state index contributed by atoms with van der Waals surface area (Å²) in [5.74, 6) is 0. The first kappa shape index (κ1) is 8.71. The molecule has 0 saturated carbocycles. The average Bonchev–Trinajstić information content (AvgIpc) is 3.01. The molecule has 3 aromatic rings. The fourth-order valence-corrected chi connectivity index (χ4v) is 3.41. The molecule has 0 spiro atoms. The SMILES string of the molecule is C1=Cc2c3ccccc3c3c4c(ccc1c24)C=C3. The molecule has 0 aliphatic heterocycles. The third-order valence-electron chi connectivity index (χ3n) is 4.17. The maximum absolute atomic E-state index is 2.26. The van der Waals surface area contributed by atoms with E-state index in [9.17, 15) is 0 Å². The van der Waals surface area contributed by atoms with Crippen LogP contribution in [0.4, 0.5) is 0 Å². The molecule has 0 amide bonds. The fourth-order valence-electron chi connectivity index (χ4n) is 3.41. The molecule has 18 heavy (non-hydrogen) atoms. The zero-order valence-corrected chi connectivity index (χ0v) is 9.77. The zero-order chi connectivity index (χ0) is 11.7. The summed E-state index contributed by atoms with van der Waals surface area (Å²) in [6.07, 6.45) is 9.00. The smallest absolute Gasteiger partial charge is 0.00203 e. The summed E-state index contributed by atoms with van der Waals surface area (Å²) in [6.45, 7) is 0. The van der Waals surface area contributed by atoms with E-state index < -0.39 is 0 Å². The number of hydrogen-bond acceptors (Lipinski definition) is 0. The van der Waals surface area contributed by atoms with Crippen LogP contribution in [0.15, 0.2) is 36.4 Å². The van der Waals surface area contributed by atoms with Crippen LogP contribution in [-0.2, 0) is 0 Å². The average molecular weight is 226 g/mol. The van der Waals surface area contributed by atoms with Crippen LogP contribution >= 0.6 is 0 Å². The predicted molar refractivity (Wildman–Crippen MR) is 79.3 cm³/mol. The topological polar surface area (TPSA) is 0 Å². The lowest BCUT2D eigenvalue weighted by atomic mass is 9.92. The molecule has 0 nitrogen and oxygen atoms in total. The Labute approximate surface area is 105 Å². The predicted octanol–water partition coefficient (Wildman–Crippen LogP) is 4.96. The highest BCUT2D eigenvalue weighted by molar-refractivity contribution is 6.23. The van der Waals surface area contributed by atoms with E-state index in [1.807, 2.05) is 0 Å². The Morgan fingerprint density at radius 3 is 1.50 bits per heavy atom. The first-order valence-corrected chi connectivity index (χ1v) is 6.31. The summed E-state index contributed by atoms with van der Waals surface area (Å²) in [4.78, 5) is 0. The standard InChI is InChI=1S/C18H10/c1-2-4-14-13(3-1)15-9-7-11-5-6-12-8-10-16(14)18(12)17(11)15/h1-10H. The molecule has 5 rings (SSSR count). The van der Waals surface area contributed by atoms with Gasteiger partial charge in [-0.25, -0.2) is 0 Å². The normalized spacial score (nSPS) is 14.2. The second-order valence-electron chi connectivity index (χ2n) is 5.03. The Hall–Kier alpha value is -2.34. The van der Waals surface area contributed by atoms with E-state index in [1.165, 1.54) is 43.8 Å². The number of fused-ring (bicyclic) bond motifs is 3. The highest BCUT2D eigenvalue weighted by Crippen LogP contribution is 2.44. The summed E-state index contributed by atoms with van der Waals surface area (Å²) in [7, 11) is 0. The van der Waals surface area contributed by atoms with Gasteiger partial charge in [0.25, 0.3) is 0 Å². The minimum Gasteiger partial charge on any atom is -0.0616 e. The molecule has 3 aromatic carbocycles. The third-order valence-corrected chi connectivity index (χ3v) is 4.17. The van der Waals surface area contributed by atoms with Crippen LogP contribution in [0.5, 0.6) is 0 Å². The molecule has 0 bridgehead atoms. The summed E-state index contributed by atoms with van der Waals surface area (Å²) >= 11 is 0. The van der Waals surface area contributed by atoms with E-state index in [0.717, 1.165) is 0 Å². The molecule has 2 aliphatic rings. The Bertz CT molecular complexity index is 832. The summed E-state index contributed by atoms with van der Waals surface area (Å²) in [5, 5.41) is 5.62. The van der Waals surface area contributed by atoms with Gasteiger partial charge in [-0.15, -0.1) is 0 Å². The molecule has 0 atom stereocenters. The lowest BCUT2D eigenvalue weighted by Crippen LogP contribution is -1.87. The van der Waals surface area contributed by atoms with E-state index in [2.05, 4.69) is 60.7 Å². The number of benzene rings is 3. The van der Waals surface area contributed by atoms with Crippen LogP contribution in [0, 0.1) is 0 Å². The van der Waals surface area contributed by atoms with E-state index in [4.69, 9.17) is 0 Å². The van der Waals surface area contributed by atoms with Gasteiger partial charge < -0.3 is 0 Å². The molecule has 0 saturated heterocycles. The highest BCUT2D eigenvalue weighted by atomic mass is 14.2. The lowest BCUT2D eigenvalue weighted by molar-refractivity contribution is 1.72. The van der Waals surface area contributed by atoms with Crippen LogP contribution < -0.4 is 0 Å². The molecule has 0 aromatic heterocycles. The van der Waals surface area contributed by atoms with E-state index in [-0.39, 0.29) is 0 Å². The van der Waals surface area contributed by atoms with Crippen molar-refractivity contribution in [2.45, 2.75) is 0 Å². The first-order chi connectivity index (χ1) is 8.93. The number of hydrogen-bond donors (Lipinski definition) is 0. The van der Waals surface area contributed by atoms with Gasteiger partial charge in [0.15, 0.2) is 0 Å². The lowest BCUT2D eigenvalue weighted by Gasteiger charge is -2.10. The van der Waals surface area contributed by atoms with Gasteiger partial charge in [0.2, 0.25) is 0 Å². The van der Waals surface area contributed by atoms with Gasteiger partial charge in [-0.3, -0.25) is 0 Å². The zero-order valence-electron chi connectivity index (χ0n) is 9.77. The van der Waals surface area contributed by atoms with Crippen molar-refractivity contribution < 1.29 is 0 Å². The van der Waals surface area contributed by atoms with Crippen molar-refractivity contribution in [2.75, 3.05) is 0 Å². The molecule has 82 valence electrons. The molecule has 2 aliphatic carbocycles. The maximum atomic E-state index is 2.26. The largest absolute Gasteiger partial charge is 0.0616 e. The molecule has 0 radical (unpaired) electrons. The highest BCUT2D eigenvalue weighted by Gasteiger charge is 2.20. The van der Waals surface area contributed by atoms with Gasteiger partial charge in [0.05, 0.1) is 0 Å². The van der Waals surface area contributed by atoms with Crippen LogP contribution in [0.1, 0.15) is 22.3 Å². The molecule has 0 heterocycles. The molecule has 0 fully saturated rings. The summed E-state index contributed by atoms with van der Waals surface area (Å²) < 4.78 is 0. The van der Waals surface area contributed by atoms with Crippen molar-refractivity contribution in [3.8, 4) is 0 Å². The minimum absolute atomic E-state index is 1.36. The van der Waals surface area contributed by atoms with Gasteiger partial charge >= 0.3 is 0 Å². The second-order valence-corrected chi connectivity index (χ2v) is 5.03. The molecule has 0 N–H and O–H groups in total. The summed E-state index contributed by atoms with van der Waals surface area (Å²) in [6, 6.07) is 13.2. The van der Waals surface area contributed by atoms with Gasteiger partial charge in [-0.2, -0.15) is 0 Å². The van der Waals surface area contributed by atoms with E-state index in [0.29, 0.717) is 0 Å². The van der Waals surface area contributed by atoms with Crippen molar-refractivity contribution in [2.24, 2.45) is 0 Å². The maximum Gasteiger partial charge on any atom is -0.00203 e. The summed E-state index contributed by atoms with van der Waals surface area (Å²) in [5.41, 5.74) is 5.51.